The van der Waals surface area contributed by atoms with Crippen LogP contribution in [0.1, 0.15) is 147 Å². The predicted molar refractivity (Wildman–Crippen MR) is 155 cm³/mol. The van der Waals surface area contributed by atoms with E-state index in [2.05, 4.69) is 20.8 Å². The second kappa shape index (κ2) is 21.4. The number of unbranched alkanes of at least 4 members (excludes halogenated alkanes) is 15. The number of carbonyl (C=O) groups is 1. The maximum absolute atomic E-state index is 13.2. The average Bonchev–Trinajstić information content (AvgIpc) is 2.86. The van der Waals surface area contributed by atoms with Crippen molar-refractivity contribution >= 4 is 13.5 Å². The summed E-state index contributed by atoms with van der Waals surface area (Å²) in [4.78, 5) is 13.2. The van der Waals surface area contributed by atoms with Gasteiger partial charge in [0.15, 0.2) is 0 Å². The van der Waals surface area contributed by atoms with Gasteiger partial charge in [-0.05, 0) is 0 Å². The van der Waals surface area contributed by atoms with E-state index in [1.54, 1.807) is 0 Å². The zero-order valence-electron chi connectivity index (χ0n) is 23.1. The van der Waals surface area contributed by atoms with E-state index in [1.165, 1.54) is 134 Å². The molecule has 0 saturated carbocycles. The Hall–Kier alpha value is -0.880. The van der Waals surface area contributed by atoms with E-state index in [0.717, 1.165) is 5.56 Å². The van der Waals surface area contributed by atoms with Crippen molar-refractivity contribution in [3.8, 4) is 0 Å². The normalized spacial score (nSPS) is 12.1. The van der Waals surface area contributed by atoms with E-state index >= 15 is 0 Å². The minimum absolute atomic E-state index is 0.0600. The predicted octanol–water partition coefficient (Wildman–Crippen LogP) is 10.6. The number of benzene rings is 1. The third-order valence-corrected chi connectivity index (χ3v) is 11.7. The zero-order chi connectivity index (χ0) is 24.7. The summed E-state index contributed by atoms with van der Waals surface area (Å²) in [5.74, 6) is -0.0600. The first-order valence-corrected chi connectivity index (χ1v) is 17.5. The molecule has 0 atom stereocenters. The van der Waals surface area contributed by atoms with E-state index in [4.69, 9.17) is 4.52 Å². The topological polar surface area (TPSA) is 26.3 Å². The van der Waals surface area contributed by atoms with Crippen molar-refractivity contribution in [1.29, 1.82) is 0 Å². The Morgan fingerprint density at radius 2 is 0.912 bits per heavy atom. The second-order valence-electron chi connectivity index (χ2n) is 10.5. The molecule has 1 aromatic carbocycles. The minimum atomic E-state index is -2.10. The molecule has 2 nitrogen and oxygen atoms in total. The fourth-order valence-electron chi connectivity index (χ4n) is 5.04. The first-order chi connectivity index (χ1) is 16.7. The first kappa shape index (κ1) is 31.2. The average molecular weight is 493 g/mol. The summed E-state index contributed by atoms with van der Waals surface area (Å²) >= 11 is 0. The Labute approximate surface area is 213 Å². The second-order valence-corrected chi connectivity index (χ2v) is 14.6. The van der Waals surface area contributed by atoms with Gasteiger partial charge in [-0.15, -0.1) is 0 Å². The van der Waals surface area contributed by atoms with Gasteiger partial charge in [0.25, 0.3) is 0 Å². The molecule has 0 heterocycles. The van der Waals surface area contributed by atoms with Crippen molar-refractivity contribution in [2.75, 3.05) is 18.5 Å². The number of carbonyl (C=O) groups excluding carboxylic acids is 1. The molecule has 0 radical (unpaired) electrons. The van der Waals surface area contributed by atoms with Gasteiger partial charge in [-0.2, -0.15) is 0 Å². The van der Waals surface area contributed by atoms with E-state index in [1.807, 2.05) is 30.3 Å². The van der Waals surface area contributed by atoms with Crippen molar-refractivity contribution in [1.82, 2.24) is 0 Å². The summed E-state index contributed by atoms with van der Waals surface area (Å²) in [6.07, 6.45) is 27.1. The molecule has 1 rings (SSSR count). The van der Waals surface area contributed by atoms with Crippen LogP contribution in [0.4, 0.5) is 0 Å². The van der Waals surface area contributed by atoms with Gasteiger partial charge in [0.2, 0.25) is 0 Å². The van der Waals surface area contributed by atoms with Crippen molar-refractivity contribution in [2.24, 2.45) is 0 Å². The van der Waals surface area contributed by atoms with Crippen LogP contribution in [0.3, 0.4) is 0 Å². The van der Waals surface area contributed by atoms with E-state index in [0.29, 0.717) is 0 Å². The molecule has 0 aromatic heterocycles. The molecule has 34 heavy (non-hydrogen) atoms. The Morgan fingerprint density at radius 3 is 1.29 bits per heavy atom. The standard InChI is InChI=1S/C31H57O2P/c1-4-7-10-13-16-22-27-34(28-23-17-14-11-8-5-2,29-24-18-15-12-9-6-3)33-31(32)30-25-20-19-21-26-30/h19-21,25-26,34H,4-18,22-24,27-29H2,1-3H3. The van der Waals surface area contributed by atoms with Crippen LogP contribution in [0, 0.1) is 0 Å². The van der Waals surface area contributed by atoms with Crippen LogP contribution < -0.4 is 0 Å². The zero-order valence-corrected chi connectivity index (χ0v) is 24.1. The van der Waals surface area contributed by atoms with Gasteiger partial charge in [0, 0.05) is 0 Å². The molecule has 198 valence electrons. The van der Waals surface area contributed by atoms with Gasteiger partial charge in [-0.25, -0.2) is 0 Å². The summed E-state index contributed by atoms with van der Waals surface area (Å²) < 4.78 is 6.61. The van der Waals surface area contributed by atoms with Crippen molar-refractivity contribution in [3.05, 3.63) is 35.9 Å². The molecule has 0 aliphatic heterocycles. The summed E-state index contributed by atoms with van der Waals surface area (Å²) in [6.45, 7) is 6.84. The molecule has 0 aliphatic rings. The molecule has 0 bridgehead atoms. The molecule has 3 heteroatoms. The number of rotatable bonds is 23. The van der Waals surface area contributed by atoms with Gasteiger partial charge in [0.1, 0.15) is 0 Å². The number of hydrogen-bond acceptors (Lipinski definition) is 2. The molecule has 0 saturated heterocycles. The summed E-state index contributed by atoms with van der Waals surface area (Å²) in [6, 6.07) is 9.72. The number of hydrogen-bond donors (Lipinski definition) is 0. The molecule has 1 aromatic rings. The maximum atomic E-state index is 13.2. The Kier molecular flexibility index (Phi) is 19.6. The summed E-state index contributed by atoms with van der Waals surface area (Å²) in [5.41, 5.74) is 0.730. The molecular formula is C31H57O2P. The van der Waals surface area contributed by atoms with E-state index < -0.39 is 7.49 Å². The molecular weight excluding hydrogens is 435 g/mol. The fourth-order valence-corrected chi connectivity index (χ4v) is 9.29. The Morgan fingerprint density at radius 1 is 0.559 bits per heavy atom. The summed E-state index contributed by atoms with van der Waals surface area (Å²) in [5, 5.41) is 0. The van der Waals surface area contributed by atoms with E-state index in [9.17, 15) is 4.79 Å². The van der Waals surface area contributed by atoms with Crippen molar-refractivity contribution in [3.63, 3.8) is 0 Å². The third-order valence-electron chi connectivity index (χ3n) is 7.28. The van der Waals surface area contributed by atoms with Gasteiger partial charge in [-0.1, -0.05) is 0 Å². The van der Waals surface area contributed by atoms with Crippen LogP contribution in [0.15, 0.2) is 30.3 Å². The van der Waals surface area contributed by atoms with Crippen LogP contribution in [0.25, 0.3) is 0 Å². The Bertz CT molecular complexity index is 546. The fraction of sp³-hybridized carbons (Fsp3) is 0.774. The van der Waals surface area contributed by atoms with Crippen LogP contribution in [0.2, 0.25) is 0 Å². The molecule has 0 fully saturated rings. The van der Waals surface area contributed by atoms with Gasteiger partial charge in [0.05, 0.1) is 0 Å². The Balaban J connectivity index is 2.80. The molecule has 0 aliphatic carbocycles. The molecule has 0 unspecified atom stereocenters. The monoisotopic (exact) mass is 492 g/mol. The summed E-state index contributed by atoms with van der Waals surface area (Å²) in [7, 11) is -2.10. The first-order valence-electron chi connectivity index (χ1n) is 15.0. The third kappa shape index (κ3) is 15.2. The molecule has 0 amide bonds. The van der Waals surface area contributed by atoms with Gasteiger partial charge >= 0.3 is 214 Å². The van der Waals surface area contributed by atoms with E-state index in [-0.39, 0.29) is 5.97 Å². The van der Waals surface area contributed by atoms with Crippen LogP contribution in [0.5, 0.6) is 0 Å². The van der Waals surface area contributed by atoms with Crippen molar-refractivity contribution in [2.45, 2.75) is 136 Å². The molecule has 0 spiro atoms. The molecule has 0 N–H and O–H groups in total. The van der Waals surface area contributed by atoms with Gasteiger partial charge in [-0.3, -0.25) is 0 Å². The van der Waals surface area contributed by atoms with Crippen LogP contribution >= 0.6 is 7.49 Å². The quantitative estimate of drug-likeness (QED) is 0.112. The SMILES string of the molecule is CCCCCCCC[PH](CCCCCCCC)(CCCCCCCC)OC(=O)c1ccccc1. The van der Waals surface area contributed by atoms with Crippen molar-refractivity contribution < 1.29 is 9.32 Å². The van der Waals surface area contributed by atoms with Crippen LogP contribution in [-0.4, -0.2) is 24.5 Å². The van der Waals surface area contributed by atoms with Crippen LogP contribution in [-0.2, 0) is 4.52 Å². The van der Waals surface area contributed by atoms with Gasteiger partial charge < -0.3 is 0 Å².